The fourth-order valence-corrected chi connectivity index (χ4v) is 2.66. The number of hydrogen-bond acceptors (Lipinski definition) is 5. The lowest BCUT2D eigenvalue weighted by atomic mass is 10.2. The lowest BCUT2D eigenvalue weighted by molar-refractivity contribution is 0.435. The first kappa shape index (κ1) is 22.8. The highest BCUT2D eigenvalue weighted by Gasteiger charge is 1.94. The van der Waals surface area contributed by atoms with E-state index in [0.717, 1.165) is 21.6 Å². The molecule has 0 saturated heterocycles. The zero-order valence-corrected chi connectivity index (χ0v) is 17.6. The fourth-order valence-electron chi connectivity index (χ4n) is 2.12. The van der Waals surface area contributed by atoms with Crippen LogP contribution in [0, 0.1) is 0 Å². The molecule has 2 aromatic carbocycles. The fraction of sp³-hybridized carbons (Fsp3) is 0.0526. The van der Waals surface area contributed by atoms with Crippen LogP contribution in [0.2, 0.25) is 5.02 Å². The maximum atomic E-state index is 10.2. The molecule has 6 nitrogen and oxygen atoms in total. The van der Waals surface area contributed by atoms with E-state index in [1.807, 2.05) is 65.5 Å². The highest BCUT2D eigenvalue weighted by atomic mass is 35.5. The molecule has 0 bridgehead atoms. The summed E-state index contributed by atoms with van der Waals surface area (Å²) in [5.74, 6) is 0. The van der Waals surface area contributed by atoms with Gasteiger partial charge in [-0.3, -0.25) is 4.55 Å². The van der Waals surface area contributed by atoms with Crippen molar-refractivity contribution in [1.29, 1.82) is 0 Å². The summed E-state index contributed by atoms with van der Waals surface area (Å²) in [6, 6.07) is 19.7. The third-order valence-corrected chi connectivity index (χ3v) is 4.43. The van der Waals surface area contributed by atoms with Crippen LogP contribution in [0.15, 0.2) is 88.2 Å². The molecule has 0 saturated carbocycles. The van der Waals surface area contributed by atoms with Crippen molar-refractivity contribution >= 4 is 40.1 Å². The molecule has 3 aromatic rings. The zero-order chi connectivity index (χ0) is 21.3. The number of rotatable bonds is 4. The van der Waals surface area contributed by atoms with Crippen LogP contribution in [-0.4, -0.2) is 30.0 Å². The number of pyridine rings is 1. The molecule has 1 heterocycles. The maximum absolute atomic E-state index is 10.2. The summed E-state index contributed by atoms with van der Waals surface area (Å²) in [6.45, 7) is 0. The van der Waals surface area contributed by atoms with Crippen molar-refractivity contribution in [2.24, 2.45) is 10.2 Å². The van der Waals surface area contributed by atoms with Gasteiger partial charge in [0.05, 0.1) is 11.6 Å². The summed E-state index contributed by atoms with van der Waals surface area (Å²) >= 11 is 7.63. The molecule has 29 heavy (non-hydrogen) atoms. The van der Waals surface area contributed by atoms with E-state index in [0.29, 0.717) is 0 Å². The van der Waals surface area contributed by atoms with Crippen molar-refractivity contribution in [1.82, 2.24) is 4.57 Å². The Labute approximate surface area is 177 Å². The number of halogens is 2. The van der Waals surface area contributed by atoms with Crippen LogP contribution in [0.25, 0.3) is 5.69 Å². The summed E-state index contributed by atoms with van der Waals surface area (Å²) in [4.78, 5) is 1.24. The van der Waals surface area contributed by atoms with Gasteiger partial charge in [-0.2, -0.15) is 18.6 Å². The molecule has 0 aliphatic rings. The van der Waals surface area contributed by atoms with E-state index >= 15 is 0 Å². The van der Waals surface area contributed by atoms with Gasteiger partial charge in [-0.1, -0.05) is 27.6 Å². The van der Waals surface area contributed by atoms with Gasteiger partial charge in [0, 0.05) is 28.0 Å². The van der Waals surface area contributed by atoms with Gasteiger partial charge in [0.25, 0.3) is 0 Å². The molecule has 0 amide bonds. The van der Waals surface area contributed by atoms with E-state index in [1.54, 1.807) is 18.0 Å². The Morgan fingerprint density at radius 1 is 1.03 bits per heavy atom. The largest absolute Gasteiger partial charge is 0.435 e. The Morgan fingerprint density at radius 3 is 2.10 bits per heavy atom. The maximum Gasteiger partial charge on any atom is 0.435 e. The molecule has 3 rings (SSSR count). The van der Waals surface area contributed by atoms with Crippen LogP contribution < -0.4 is 5.36 Å². The van der Waals surface area contributed by atoms with E-state index in [9.17, 15) is 3.89 Å². The third kappa shape index (κ3) is 9.05. The monoisotopic (exact) mass is 453 g/mol. The number of hydrogen-bond donors (Lipinski definition) is 1. The number of nitrogens with zero attached hydrogens (tertiary/aromatic N) is 3. The minimum atomic E-state index is -5.17. The van der Waals surface area contributed by atoms with Crippen LogP contribution in [0.3, 0.4) is 0 Å². The minimum Gasteiger partial charge on any atom is -0.324 e. The highest BCUT2D eigenvalue weighted by molar-refractivity contribution is 7.98. The molecule has 1 N–H and O–H groups in total. The average Bonchev–Trinajstić information content (AvgIpc) is 2.68. The molecule has 0 aliphatic heterocycles. The first-order valence-corrected chi connectivity index (χ1v) is 11.0. The van der Waals surface area contributed by atoms with Gasteiger partial charge in [-0.25, -0.2) is 0 Å². The van der Waals surface area contributed by atoms with Crippen LogP contribution in [0.5, 0.6) is 0 Å². The molecule has 152 valence electrons. The summed E-state index contributed by atoms with van der Waals surface area (Å²) in [6.07, 6.45) is 7.71. The van der Waals surface area contributed by atoms with Gasteiger partial charge in [-0.15, -0.1) is 11.8 Å². The third-order valence-electron chi connectivity index (χ3n) is 3.43. The van der Waals surface area contributed by atoms with Crippen LogP contribution in [-0.2, 0) is 10.5 Å². The first-order chi connectivity index (χ1) is 13.7. The predicted molar refractivity (Wildman–Crippen MR) is 115 cm³/mol. The second kappa shape index (κ2) is 10.9. The second-order valence-electron chi connectivity index (χ2n) is 5.47. The number of benzene rings is 2. The van der Waals surface area contributed by atoms with Gasteiger partial charge in [0.1, 0.15) is 0 Å². The van der Waals surface area contributed by atoms with Crippen LogP contribution in [0.4, 0.5) is 3.89 Å². The van der Waals surface area contributed by atoms with Gasteiger partial charge in [0.15, 0.2) is 0 Å². The SMILES string of the molecule is CSc1ccc(/C=N/N=c2ccn(-c3ccc(Cl)cc3)cc2)cc1.O=S(=O)(O)F. The van der Waals surface area contributed by atoms with Crippen LogP contribution in [0.1, 0.15) is 5.56 Å². The van der Waals surface area contributed by atoms with Crippen LogP contribution >= 0.6 is 23.4 Å². The Morgan fingerprint density at radius 2 is 1.59 bits per heavy atom. The lowest BCUT2D eigenvalue weighted by Gasteiger charge is -2.05. The minimum absolute atomic E-state index is 0.728. The average molecular weight is 454 g/mol. The summed E-state index contributed by atoms with van der Waals surface area (Å²) in [5.41, 5.74) is 2.08. The number of thioether (sulfide) groups is 1. The molecule has 0 atom stereocenters. The summed E-state index contributed by atoms with van der Waals surface area (Å²) < 4.78 is 36.1. The molecule has 0 aliphatic carbocycles. The van der Waals surface area contributed by atoms with E-state index in [2.05, 4.69) is 28.6 Å². The van der Waals surface area contributed by atoms with E-state index in [4.69, 9.17) is 24.6 Å². The standard InChI is InChI=1S/C19H16ClN3S.FHO3S/c1-24-19-8-2-15(3-9-19)14-21-22-17-10-12-23(13-11-17)18-6-4-16(20)5-7-18;1-5(2,3)4/h2-14H,1H3;(H,2,3,4)/b21-14+;. The number of aromatic nitrogens is 1. The Bertz CT molecular complexity index is 1100. The van der Waals surface area contributed by atoms with Crippen molar-refractivity contribution in [3.05, 3.63) is 89.0 Å². The molecule has 0 fully saturated rings. The van der Waals surface area contributed by atoms with E-state index < -0.39 is 10.5 Å². The molecular weight excluding hydrogens is 437 g/mol. The van der Waals surface area contributed by atoms with Crippen molar-refractivity contribution in [2.45, 2.75) is 4.90 Å². The van der Waals surface area contributed by atoms with Crippen molar-refractivity contribution in [3.63, 3.8) is 0 Å². The quantitative estimate of drug-likeness (QED) is 0.206. The smallest absolute Gasteiger partial charge is 0.324 e. The van der Waals surface area contributed by atoms with Gasteiger partial charge in [0.2, 0.25) is 0 Å². The predicted octanol–water partition coefficient (Wildman–Crippen LogP) is 4.55. The van der Waals surface area contributed by atoms with Crippen molar-refractivity contribution < 1.29 is 16.9 Å². The lowest BCUT2D eigenvalue weighted by Crippen LogP contribution is -2.03. The van der Waals surface area contributed by atoms with Crippen molar-refractivity contribution in [2.75, 3.05) is 6.26 Å². The first-order valence-electron chi connectivity index (χ1n) is 8.07. The Balaban J connectivity index is 0.000000537. The second-order valence-corrected chi connectivity index (χ2v) is 7.61. The van der Waals surface area contributed by atoms with Gasteiger partial charge in [-0.05, 0) is 60.4 Å². The van der Waals surface area contributed by atoms with E-state index in [1.165, 1.54) is 4.90 Å². The normalized spacial score (nSPS) is 11.0. The highest BCUT2D eigenvalue weighted by Crippen LogP contribution is 2.14. The van der Waals surface area contributed by atoms with E-state index in [-0.39, 0.29) is 0 Å². The summed E-state index contributed by atoms with van der Waals surface area (Å²) in [5, 5.41) is 9.90. The van der Waals surface area contributed by atoms with Crippen molar-refractivity contribution in [3.8, 4) is 5.69 Å². The Hall–Kier alpha value is -2.46. The van der Waals surface area contributed by atoms with Gasteiger partial charge >= 0.3 is 10.5 Å². The molecular formula is C19H17ClFN3O3S2. The topological polar surface area (TPSA) is 84.0 Å². The van der Waals surface area contributed by atoms with Gasteiger partial charge < -0.3 is 4.57 Å². The summed E-state index contributed by atoms with van der Waals surface area (Å²) in [7, 11) is -5.17. The zero-order valence-electron chi connectivity index (χ0n) is 15.2. The molecule has 0 unspecified atom stereocenters. The molecule has 0 radical (unpaired) electrons. The molecule has 0 spiro atoms. The molecule has 10 heteroatoms. The molecule has 1 aromatic heterocycles. The Kier molecular flexibility index (Phi) is 8.59.